The summed E-state index contributed by atoms with van der Waals surface area (Å²) in [6.45, 7) is 17.0. The molecule has 1 N–H and O–H groups in total. The number of carbonyl (C=O) groups is 3. The molecule has 2 aromatic carbocycles. The van der Waals surface area contributed by atoms with E-state index in [-0.39, 0.29) is 11.1 Å². The number of urea groups is 1. The Kier molecular flexibility index (Phi) is 6.12. The molecule has 0 saturated carbocycles. The summed E-state index contributed by atoms with van der Waals surface area (Å²) in [5.41, 5.74) is 6.45. The summed E-state index contributed by atoms with van der Waals surface area (Å²) in [6, 6.07) is 9.33. The van der Waals surface area contributed by atoms with Gasteiger partial charge in [0.15, 0.2) is 0 Å². The predicted molar refractivity (Wildman–Crippen MR) is 141 cm³/mol. The lowest BCUT2D eigenvalue weighted by molar-refractivity contribution is -0.122. The zero-order chi connectivity index (χ0) is 25.8. The van der Waals surface area contributed by atoms with Gasteiger partial charge < -0.3 is 4.90 Å². The molecule has 4 rings (SSSR count). The summed E-state index contributed by atoms with van der Waals surface area (Å²) in [7, 11) is 0. The topological polar surface area (TPSA) is 69.7 Å². The van der Waals surface area contributed by atoms with Crippen LogP contribution < -0.4 is 15.1 Å². The molecule has 0 aliphatic carbocycles. The maximum Gasteiger partial charge on any atom is 0.335 e. The molecule has 2 aromatic rings. The van der Waals surface area contributed by atoms with E-state index in [0.29, 0.717) is 17.6 Å². The van der Waals surface area contributed by atoms with E-state index in [4.69, 9.17) is 0 Å². The first-order valence-corrected chi connectivity index (χ1v) is 12.2. The highest BCUT2D eigenvalue weighted by molar-refractivity contribution is 6.39. The Morgan fingerprint density at radius 3 is 2.37 bits per heavy atom. The van der Waals surface area contributed by atoms with Crippen molar-refractivity contribution in [2.75, 3.05) is 9.80 Å². The lowest BCUT2D eigenvalue weighted by Gasteiger charge is -2.50. The van der Waals surface area contributed by atoms with Gasteiger partial charge in [-0.05, 0) is 113 Å². The fraction of sp³-hybridized carbons (Fsp3) is 0.414. The second kappa shape index (κ2) is 8.67. The highest BCUT2D eigenvalue weighted by Gasteiger charge is 2.39. The molecule has 6 nitrogen and oxygen atoms in total. The quantitative estimate of drug-likeness (QED) is 0.453. The third-order valence-electron chi connectivity index (χ3n) is 7.40. The Hall–Kier alpha value is -3.41. The molecule has 1 fully saturated rings. The van der Waals surface area contributed by atoms with Crippen LogP contribution in [0.15, 0.2) is 35.9 Å². The minimum absolute atomic E-state index is 0.0266. The standard InChI is InChI=1S/C29H35N3O3/c1-16(2)32-25-12-18(4)21(13-22(25)19(5)15-29(32,7)8)14-23-26(33)30-28(35)31(27(23)34)24-11-9-10-17(3)20(24)6/h9-14,16,19H,15H2,1-8H3,(H,30,33,35)/b23-14+/t19-/m1/s1. The lowest BCUT2D eigenvalue weighted by Crippen LogP contribution is -2.54. The molecule has 0 radical (unpaired) electrons. The maximum atomic E-state index is 13.5. The van der Waals surface area contributed by atoms with Crippen LogP contribution in [0.1, 0.15) is 74.8 Å². The fourth-order valence-corrected chi connectivity index (χ4v) is 5.76. The average Bonchev–Trinajstić information content (AvgIpc) is 2.73. The van der Waals surface area contributed by atoms with Gasteiger partial charge >= 0.3 is 6.03 Å². The van der Waals surface area contributed by atoms with Crippen molar-refractivity contribution in [1.82, 2.24) is 5.32 Å². The molecule has 0 spiro atoms. The molecule has 35 heavy (non-hydrogen) atoms. The van der Waals surface area contributed by atoms with Crippen LogP contribution in [0.4, 0.5) is 16.2 Å². The van der Waals surface area contributed by atoms with Crippen LogP contribution in [-0.4, -0.2) is 29.4 Å². The molecule has 0 bridgehead atoms. The summed E-state index contributed by atoms with van der Waals surface area (Å²) in [6.07, 6.45) is 2.63. The van der Waals surface area contributed by atoms with Gasteiger partial charge in [0.2, 0.25) is 0 Å². The smallest absolute Gasteiger partial charge is 0.335 e. The van der Waals surface area contributed by atoms with Gasteiger partial charge in [-0.3, -0.25) is 14.9 Å². The maximum absolute atomic E-state index is 13.5. The van der Waals surface area contributed by atoms with E-state index in [1.807, 2.05) is 26.8 Å². The van der Waals surface area contributed by atoms with E-state index in [0.717, 1.165) is 33.6 Å². The van der Waals surface area contributed by atoms with E-state index < -0.39 is 17.8 Å². The van der Waals surface area contributed by atoms with Crippen LogP contribution in [0.2, 0.25) is 0 Å². The largest absolute Gasteiger partial charge is 0.364 e. The number of hydrogen-bond acceptors (Lipinski definition) is 4. The number of fused-ring (bicyclic) bond motifs is 1. The van der Waals surface area contributed by atoms with Crippen molar-refractivity contribution in [2.24, 2.45) is 0 Å². The van der Waals surface area contributed by atoms with Crippen LogP contribution in [0.25, 0.3) is 6.08 Å². The van der Waals surface area contributed by atoms with E-state index in [1.165, 1.54) is 11.3 Å². The number of rotatable bonds is 3. The summed E-state index contributed by atoms with van der Waals surface area (Å²) in [5, 5.41) is 2.35. The predicted octanol–water partition coefficient (Wildman–Crippen LogP) is 5.78. The van der Waals surface area contributed by atoms with Crippen molar-refractivity contribution in [1.29, 1.82) is 0 Å². The summed E-state index contributed by atoms with van der Waals surface area (Å²) in [4.78, 5) is 42.5. The van der Waals surface area contributed by atoms with E-state index in [1.54, 1.807) is 18.2 Å². The molecule has 184 valence electrons. The Morgan fingerprint density at radius 1 is 1.03 bits per heavy atom. The van der Waals surface area contributed by atoms with Crippen LogP contribution in [-0.2, 0) is 9.59 Å². The zero-order valence-electron chi connectivity index (χ0n) is 21.9. The Morgan fingerprint density at radius 2 is 1.71 bits per heavy atom. The van der Waals surface area contributed by atoms with Crippen molar-refractivity contribution < 1.29 is 14.4 Å². The number of amides is 4. The van der Waals surface area contributed by atoms with E-state index in [9.17, 15) is 14.4 Å². The van der Waals surface area contributed by atoms with Crippen LogP contribution >= 0.6 is 0 Å². The summed E-state index contributed by atoms with van der Waals surface area (Å²) < 4.78 is 0. The van der Waals surface area contributed by atoms with Gasteiger partial charge in [-0.2, -0.15) is 0 Å². The van der Waals surface area contributed by atoms with Gasteiger partial charge in [0.1, 0.15) is 5.57 Å². The number of hydrogen-bond donors (Lipinski definition) is 1. The second-order valence-corrected chi connectivity index (χ2v) is 10.8. The van der Waals surface area contributed by atoms with Crippen molar-refractivity contribution >= 4 is 35.3 Å². The third-order valence-corrected chi connectivity index (χ3v) is 7.40. The molecule has 2 aliphatic heterocycles. The second-order valence-electron chi connectivity index (χ2n) is 10.8. The number of benzene rings is 2. The van der Waals surface area contributed by atoms with Gasteiger partial charge in [0, 0.05) is 17.3 Å². The van der Waals surface area contributed by atoms with E-state index in [2.05, 4.69) is 57.0 Å². The number of nitrogens with one attached hydrogen (secondary N) is 1. The van der Waals surface area contributed by atoms with Crippen molar-refractivity contribution in [2.45, 2.75) is 79.3 Å². The van der Waals surface area contributed by atoms with Crippen LogP contribution in [0, 0.1) is 20.8 Å². The van der Waals surface area contributed by atoms with Gasteiger partial charge in [0.05, 0.1) is 5.69 Å². The molecular weight excluding hydrogens is 438 g/mol. The first-order chi connectivity index (χ1) is 16.3. The molecule has 1 saturated heterocycles. The number of carbonyl (C=O) groups excluding carboxylic acids is 3. The first kappa shape index (κ1) is 24.7. The molecule has 2 heterocycles. The number of imide groups is 2. The lowest BCUT2D eigenvalue weighted by atomic mass is 9.78. The highest BCUT2D eigenvalue weighted by Crippen LogP contribution is 2.45. The summed E-state index contributed by atoms with van der Waals surface area (Å²) >= 11 is 0. The number of nitrogens with zero attached hydrogens (tertiary/aromatic N) is 2. The molecule has 0 unspecified atom stereocenters. The zero-order valence-corrected chi connectivity index (χ0v) is 21.9. The van der Waals surface area contributed by atoms with Gasteiger partial charge in [0.25, 0.3) is 11.8 Å². The minimum Gasteiger partial charge on any atom is -0.364 e. The van der Waals surface area contributed by atoms with Gasteiger partial charge in [-0.25, -0.2) is 9.69 Å². The van der Waals surface area contributed by atoms with Gasteiger partial charge in [-0.1, -0.05) is 19.1 Å². The Labute approximate surface area is 208 Å². The van der Waals surface area contributed by atoms with Crippen LogP contribution in [0.3, 0.4) is 0 Å². The fourth-order valence-electron chi connectivity index (χ4n) is 5.76. The Bertz CT molecular complexity index is 1270. The minimum atomic E-state index is -0.726. The number of barbiturate groups is 1. The molecule has 2 aliphatic rings. The molecule has 1 atom stereocenters. The molecule has 4 amide bonds. The molecule has 0 aromatic heterocycles. The van der Waals surface area contributed by atoms with Crippen LogP contribution in [0.5, 0.6) is 0 Å². The normalized spacial score (nSPS) is 21.0. The van der Waals surface area contributed by atoms with Gasteiger partial charge in [-0.15, -0.1) is 0 Å². The van der Waals surface area contributed by atoms with Crippen molar-refractivity contribution in [3.8, 4) is 0 Å². The number of anilines is 2. The van der Waals surface area contributed by atoms with Crippen molar-refractivity contribution in [3.63, 3.8) is 0 Å². The van der Waals surface area contributed by atoms with Crippen molar-refractivity contribution in [3.05, 3.63) is 63.7 Å². The monoisotopic (exact) mass is 473 g/mol. The SMILES string of the molecule is Cc1cc2c(cc1/C=C1\C(=O)NC(=O)N(c3cccc(C)c3C)C1=O)[C@H](C)CC(C)(C)N2C(C)C. The summed E-state index contributed by atoms with van der Waals surface area (Å²) in [5.74, 6) is -0.948. The highest BCUT2D eigenvalue weighted by atomic mass is 16.2. The van der Waals surface area contributed by atoms with E-state index >= 15 is 0 Å². The Balaban J connectivity index is 1.81. The first-order valence-electron chi connectivity index (χ1n) is 12.2. The average molecular weight is 474 g/mol. The molecular formula is C29H35N3O3. The third kappa shape index (κ3) is 4.15. The molecule has 6 heteroatoms. The number of aryl methyl sites for hydroxylation is 2.